The van der Waals surface area contributed by atoms with Crippen LogP contribution in [0.25, 0.3) is 0 Å². The third-order valence-electron chi connectivity index (χ3n) is 3.45. The molecule has 0 aromatic rings. The molecule has 2 rings (SSSR count). The minimum absolute atomic E-state index is 0.0295. The van der Waals surface area contributed by atoms with Crippen molar-refractivity contribution >= 4 is 5.97 Å². The summed E-state index contributed by atoms with van der Waals surface area (Å²) in [5.41, 5.74) is 0. The highest BCUT2D eigenvalue weighted by Gasteiger charge is 2.40. The lowest BCUT2D eigenvalue weighted by atomic mass is 9.93. The Morgan fingerprint density at radius 2 is 2.21 bits per heavy atom. The van der Waals surface area contributed by atoms with Crippen LogP contribution in [-0.4, -0.2) is 36.6 Å². The van der Waals surface area contributed by atoms with E-state index in [0.29, 0.717) is 12.6 Å². The number of carbonyl (C=O) groups is 1. The Bertz CT molecular complexity index is 217. The summed E-state index contributed by atoms with van der Waals surface area (Å²) in [6.45, 7) is 4.67. The normalized spacial score (nSPS) is 32.6. The number of ether oxygens (including phenoxy) is 1. The van der Waals surface area contributed by atoms with Gasteiger partial charge >= 0.3 is 5.97 Å². The van der Waals surface area contributed by atoms with E-state index in [1.165, 1.54) is 25.8 Å². The fraction of sp³-hybridized carbons (Fsp3) is 0.909. The number of hydrogen-bond acceptors (Lipinski definition) is 3. The molecular weight excluding hydrogens is 178 g/mol. The minimum Gasteiger partial charge on any atom is -0.466 e. The molecule has 0 radical (unpaired) electrons. The van der Waals surface area contributed by atoms with Crippen LogP contribution in [0.5, 0.6) is 0 Å². The van der Waals surface area contributed by atoms with Gasteiger partial charge in [-0.15, -0.1) is 0 Å². The molecule has 2 saturated heterocycles. The largest absolute Gasteiger partial charge is 0.466 e. The van der Waals surface area contributed by atoms with Crippen molar-refractivity contribution < 1.29 is 9.53 Å². The summed E-state index contributed by atoms with van der Waals surface area (Å²) in [5.74, 6) is 0.192. The Labute approximate surface area is 85.4 Å². The van der Waals surface area contributed by atoms with Gasteiger partial charge in [0.25, 0.3) is 0 Å². The van der Waals surface area contributed by atoms with E-state index < -0.39 is 0 Å². The summed E-state index contributed by atoms with van der Waals surface area (Å²) in [6, 6.07) is 0.489. The van der Waals surface area contributed by atoms with Crippen LogP contribution < -0.4 is 0 Å². The molecule has 0 bridgehead atoms. The molecule has 0 N–H and O–H groups in total. The molecule has 14 heavy (non-hydrogen) atoms. The number of hydrogen-bond donors (Lipinski definition) is 0. The molecule has 0 amide bonds. The summed E-state index contributed by atoms with van der Waals surface area (Å²) in [5, 5.41) is 0. The van der Waals surface area contributed by atoms with Crippen molar-refractivity contribution in [1.82, 2.24) is 4.90 Å². The Morgan fingerprint density at radius 1 is 1.36 bits per heavy atom. The zero-order chi connectivity index (χ0) is 9.97. The van der Waals surface area contributed by atoms with Gasteiger partial charge in [-0.2, -0.15) is 0 Å². The average Bonchev–Trinajstić information content (AvgIpc) is 2.61. The van der Waals surface area contributed by atoms with E-state index in [1.54, 1.807) is 0 Å². The van der Waals surface area contributed by atoms with Crippen LogP contribution in [0.3, 0.4) is 0 Å². The zero-order valence-electron chi connectivity index (χ0n) is 8.87. The van der Waals surface area contributed by atoms with Crippen molar-refractivity contribution in [2.45, 2.75) is 38.6 Å². The smallest absolute Gasteiger partial charge is 0.310 e. The number of nitrogens with zero attached hydrogens (tertiary/aromatic N) is 1. The molecule has 2 aliphatic rings. The van der Waals surface area contributed by atoms with E-state index in [1.807, 2.05) is 6.92 Å². The first kappa shape index (κ1) is 9.97. The van der Waals surface area contributed by atoms with E-state index >= 15 is 0 Å². The molecule has 2 atom stereocenters. The first-order valence-corrected chi connectivity index (χ1v) is 5.73. The number of fused-ring (bicyclic) bond motifs is 1. The van der Waals surface area contributed by atoms with Gasteiger partial charge in [-0.1, -0.05) is 6.42 Å². The van der Waals surface area contributed by atoms with Crippen molar-refractivity contribution in [3.05, 3.63) is 0 Å². The van der Waals surface area contributed by atoms with Gasteiger partial charge in [0.05, 0.1) is 12.5 Å². The van der Waals surface area contributed by atoms with Crippen LogP contribution in [0, 0.1) is 5.92 Å². The summed E-state index contributed by atoms with van der Waals surface area (Å²) in [6.07, 6.45) is 4.76. The van der Waals surface area contributed by atoms with Gasteiger partial charge in [0, 0.05) is 6.04 Å². The third-order valence-corrected chi connectivity index (χ3v) is 3.45. The van der Waals surface area contributed by atoms with E-state index in [2.05, 4.69) is 4.90 Å². The number of rotatable bonds is 2. The maximum absolute atomic E-state index is 11.7. The monoisotopic (exact) mass is 197 g/mol. The highest BCUT2D eigenvalue weighted by molar-refractivity contribution is 5.73. The summed E-state index contributed by atoms with van der Waals surface area (Å²) >= 11 is 0. The second-order valence-electron chi connectivity index (χ2n) is 4.25. The zero-order valence-corrected chi connectivity index (χ0v) is 8.87. The van der Waals surface area contributed by atoms with Crippen molar-refractivity contribution in [3.63, 3.8) is 0 Å². The van der Waals surface area contributed by atoms with Crippen LogP contribution >= 0.6 is 0 Å². The highest BCUT2D eigenvalue weighted by Crippen LogP contribution is 2.32. The number of esters is 1. The van der Waals surface area contributed by atoms with Gasteiger partial charge in [0.1, 0.15) is 0 Å². The van der Waals surface area contributed by atoms with Crippen LogP contribution in [0.2, 0.25) is 0 Å². The van der Waals surface area contributed by atoms with E-state index in [9.17, 15) is 4.79 Å². The van der Waals surface area contributed by atoms with E-state index in [0.717, 1.165) is 13.0 Å². The van der Waals surface area contributed by atoms with E-state index in [4.69, 9.17) is 4.74 Å². The Balaban J connectivity index is 1.96. The lowest BCUT2D eigenvalue weighted by molar-refractivity contribution is -0.149. The third kappa shape index (κ3) is 1.78. The van der Waals surface area contributed by atoms with Crippen LogP contribution in [0.4, 0.5) is 0 Å². The summed E-state index contributed by atoms with van der Waals surface area (Å²) < 4.78 is 5.11. The van der Waals surface area contributed by atoms with Crippen molar-refractivity contribution in [1.29, 1.82) is 0 Å². The van der Waals surface area contributed by atoms with E-state index in [-0.39, 0.29) is 11.9 Å². The molecule has 2 unspecified atom stereocenters. The Morgan fingerprint density at radius 3 is 3.00 bits per heavy atom. The van der Waals surface area contributed by atoms with Gasteiger partial charge in [-0.05, 0) is 39.3 Å². The second kappa shape index (κ2) is 4.30. The molecule has 0 aromatic carbocycles. The average molecular weight is 197 g/mol. The maximum atomic E-state index is 11.7. The van der Waals surface area contributed by atoms with Gasteiger partial charge in [0.2, 0.25) is 0 Å². The topological polar surface area (TPSA) is 29.5 Å². The highest BCUT2D eigenvalue weighted by atomic mass is 16.5. The molecule has 0 aliphatic carbocycles. The molecule has 80 valence electrons. The molecule has 0 aromatic heterocycles. The van der Waals surface area contributed by atoms with Crippen LogP contribution in [-0.2, 0) is 9.53 Å². The predicted molar refractivity (Wildman–Crippen MR) is 54.0 cm³/mol. The molecular formula is C11H19NO2. The van der Waals surface area contributed by atoms with Crippen molar-refractivity contribution in [2.24, 2.45) is 5.92 Å². The number of piperidine rings is 1. The fourth-order valence-electron chi connectivity index (χ4n) is 2.77. The Hall–Kier alpha value is -0.570. The first-order chi connectivity index (χ1) is 6.83. The molecule has 3 nitrogen and oxygen atoms in total. The molecule has 0 spiro atoms. The first-order valence-electron chi connectivity index (χ1n) is 5.73. The van der Waals surface area contributed by atoms with Gasteiger partial charge < -0.3 is 4.74 Å². The minimum atomic E-state index is 0.0295. The molecule has 2 fully saturated rings. The lowest BCUT2D eigenvalue weighted by Crippen LogP contribution is -2.39. The predicted octanol–water partition coefficient (Wildman–Crippen LogP) is 1.42. The lowest BCUT2D eigenvalue weighted by Gasteiger charge is -2.31. The Kier molecular flexibility index (Phi) is 3.06. The van der Waals surface area contributed by atoms with Gasteiger partial charge in [0.15, 0.2) is 0 Å². The maximum Gasteiger partial charge on any atom is 0.310 e. The van der Waals surface area contributed by atoms with Gasteiger partial charge in [-0.25, -0.2) is 0 Å². The van der Waals surface area contributed by atoms with Crippen LogP contribution in [0.1, 0.15) is 32.6 Å². The summed E-state index contributed by atoms with van der Waals surface area (Å²) in [7, 11) is 0. The number of carbonyl (C=O) groups excluding carboxylic acids is 1. The molecule has 2 heterocycles. The standard InChI is InChI=1S/C11H19NO2/c1-2-14-11(13)9-6-8-12-7-4-3-5-10(9)12/h9-10H,2-8H2,1H3. The fourth-order valence-corrected chi connectivity index (χ4v) is 2.77. The van der Waals surface area contributed by atoms with Gasteiger partial charge in [-0.3, -0.25) is 9.69 Å². The van der Waals surface area contributed by atoms with Crippen molar-refractivity contribution in [3.8, 4) is 0 Å². The summed E-state index contributed by atoms with van der Waals surface area (Å²) in [4.78, 5) is 14.1. The molecule has 2 aliphatic heterocycles. The van der Waals surface area contributed by atoms with Crippen LogP contribution in [0.15, 0.2) is 0 Å². The second-order valence-corrected chi connectivity index (χ2v) is 4.25. The molecule has 3 heteroatoms. The molecule has 0 saturated carbocycles. The SMILES string of the molecule is CCOC(=O)C1CCN2CCCCC12. The quantitative estimate of drug-likeness (QED) is 0.627. The van der Waals surface area contributed by atoms with Crippen molar-refractivity contribution in [2.75, 3.05) is 19.7 Å².